The molecule has 2 bridgehead atoms. The second-order valence-corrected chi connectivity index (χ2v) is 8.77. The lowest BCUT2D eigenvalue weighted by Gasteiger charge is -2.72. The van der Waals surface area contributed by atoms with Crippen molar-refractivity contribution in [2.45, 2.75) is 37.8 Å². The van der Waals surface area contributed by atoms with E-state index in [9.17, 15) is 14.0 Å². The van der Waals surface area contributed by atoms with Crippen LogP contribution in [0.4, 0.5) is 4.39 Å². The predicted octanol–water partition coefficient (Wildman–Crippen LogP) is 4.60. The number of nitrogens with one attached hydrogen (secondary N) is 2. The summed E-state index contributed by atoms with van der Waals surface area (Å²) in [7, 11) is 0. The Bertz CT molecular complexity index is 942. The Balaban J connectivity index is 1.33. The molecule has 1 atom stereocenters. The molecule has 2 aromatic rings. The standard InChI is InChI=1S/C21H19Cl2FN2O2/c1-12(25-18(27)13-2-5-15(24)6-3-13)20-9-21(10-20,11-20)26-19(28)14-4-7-16(22)17(23)8-14/h2-8,12H,9-11H2,1H3,(H,25,27)(H,26,28)/t12-,20?,21?/m1/s1. The first kappa shape index (κ1) is 19.2. The molecule has 3 aliphatic carbocycles. The Kier molecular flexibility index (Phi) is 4.63. The van der Waals surface area contributed by atoms with Crippen LogP contribution in [0.2, 0.25) is 10.0 Å². The van der Waals surface area contributed by atoms with E-state index in [1.54, 1.807) is 18.2 Å². The van der Waals surface area contributed by atoms with Gasteiger partial charge in [0.1, 0.15) is 5.82 Å². The van der Waals surface area contributed by atoms with Gasteiger partial charge in [0.25, 0.3) is 11.8 Å². The molecule has 4 nitrogen and oxygen atoms in total. The molecule has 0 saturated heterocycles. The van der Waals surface area contributed by atoms with Crippen molar-refractivity contribution in [3.05, 3.63) is 69.5 Å². The normalized spacial score (nSPS) is 25.9. The third-order valence-corrected chi connectivity index (χ3v) is 6.74. The monoisotopic (exact) mass is 420 g/mol. The molecule has 28 heavy (non-hydrogen) atoms. The Hall–Kier alpha value is -2.11. The lowest BCUT2D eigenvalue weighted by atomic mass is 9.37. The van der Waals surface area contributed by atoms with Crippen molar-refractivity contribution in [2.24, 2.45) is 5.41 Å². The summed E-state index contributed by atoms with van der Waals surface area (Å²) in [5.74, 6) is -0.760. The first-order valence-electron chi connectivity index (χ1n) is 9.06. The fourth-order valence-corrected chi connectivity index (χ4v) is 4.74. The molecule has 0 heterocycles. The highest BCUT2D eigenvalue weighted by atomic mass is 35.5. The van der Waals surface area contributed by atoms with Crippen molar-refractivity contribution in [2.75, 3.05) is 0 Å². The van der Waals surface area contributed by atoms with Gasteiger partial charge in [0.05, 0.1) is 10.0 Å². The zero-order chi connectivity index (χ0) is 20.1. The summed E-state index contributed by atoms with van der Waals surface area (Å²) < 4.78 is 13.0. The van der Waals surface area contributed by atoms with Crippen LogP contribution in [0.1, 0.15) is 46.9 Å². The maximum Gasteiger partial charge on any atom is 0.251 e. The van der Waals surface area contributed by atoms with Crippen LogP contribution in [0.5, 0.6) is 0 Å². The Morgan fingerprint density at radius 1 is 0.964 bits per heavy atom. The fourth-order valence-electron chi connectivity index (χ4n) is 4.44. The molecule has 3 aliphatic rings. The Morgan fingerprint density at radius 3 is 2.18 bits per heavy atom. The minimum absolute atomic E-state index is 0.000607. The van der Waals surface area contributed by atoms with E-state index in [-0.39, 0.29) is 34.6 Å². The third kappa shape index (κ3) is 3.27. The van der Waals surface area contributed by atoms with Gasteiger partial charge >= 0.3 is 0 Å². The maximum absolute atomic E-state index is 13.0. The molecule has 2 aromatic carbocycles. The molecule has 0 radical (unpaired) electrons. The van der Waals surface area contributed by atoms with Gasteiger partial charge in [-0.15, -0.1) is 0 Å². The Morgan fingerprint density at radius 2 is 1.57 bits per heavy atom. The van der Waals surface area contributed by atoms with E-state index in [1.807, 2.05) is 6.92 Å². The molecule has 3 saturated carbocycles. The van der Waals surface area contributed by atoms with E-state index >= 15 is 0 Å². The molecule has 5 rings (SSSR count). The highest BCUT2D eigenvalue weighted by molar-refractivity contribution is 6.42. The number of carbonyl (C=O) groups excluding carboxylic acids is 2. The molecule has 0 unspecified atom stereocenters. The van der Waals surface area contributed by atoms with Crippen LogP contribution in [0, 0.1) is 11.2 Å². The summed E-state index contributed by atoms with van der Waals surface area (Å²) in [6, 6.07) is 10.3. The zero-order valence-electron chi connectivity index (χ0n) is 15.2. The molecule has 3 fully saturated rings. The average molecular weight is 421 g/mol. The smallest absolute Gasteiger partial charge is 0.251 e. The predicted molar refractivity (Wildman–Crippen MR) is 106 cm³/mol. The van der Waals surface area contributed by atoms with E-state index in [4.69, 9.17) is 23.2 Å². The number of amides is 2. The van der Waals surface area contributed by atoms with Crippen molar-refractivity contribution in [1.29, 1.82) is 0 Å². The highest BCUT2D eigenvalue weighted by Crippen LogP contribution is 2.68. The van der Waals surface area contributed by atoms with Gasteiger partial charge in [0, 0.05) is 22.7 Å². The van der Waals surface area contributed by atoms with Crippen LogP contribution in [-0.4, -0.2) is 23.4 Å². The van der Waals surface area contributed by atoms with Crippen molar-refractivity contribution in [3.63, 3.8) is 0 Å². The van der Waals surface area contributed by atoms with Gasteiger partial charge in [-0.1, -0.05) is 23.2 Å². The fraction of sp³-hybridized carbons (Fsp3) is 0.333. The van der Waals surface area contributed by atoms with Crippen LogP contribution >= 0.6 is 23.2 Å². The van der Waals surface area contributed by atoms with Crippen LogP contribution in [0.15, 0.2) is 42.5 Å². The molecular formula is C21H19Cl2FN2O2. The summed E-state index contributed by atoms with van der Waals surface area (Å²) in [4.78, 5) is 24.8. The van der Waals surface area contributed by atoms with Gasteiger partial charge in [0.2, 0.25) is 0 Å². The number of halogens is 3. The van der Waals surface area contributed by atoms with Crippen LogP contribution in [0.25, 0.3) is 0 Å². The van der Waals surface area contributed by atoms with Crippen molar-refractivity contribution < 1.29 is 14.0 Å². The second kappa shape index (κ2) is 6.75. The molecule has 7 heteroatoms. The maximum atomic E-state index is 13.0. The van der Waals surface area contributed by atoms with E-state index in [1.165, 1.54) is 24.3 Å². The minimum Gasteiger partial charge on any atom is -0.349 e. The number of hydrogen-bond donors (Lipinski definition) is 2. The number of carbonyl (C=O) groups is 2. The van der Waals surface area contributed by atoms with E-state index in [2.05, 4.69) is 10.6 Å². The summed E-state index contributed by atoms with van der Waals surface area (Å²) >= 11 is 11.9. The quantitative estimate of drug-likeness (QED) is 0.741. The third-order valence-electron chi connectivity index (χ3n) is 6.00. The Labute approximate surface area is 172 Å². The highest BCUT2D eigenvalue weighted by Gasteiger charge is 2.70. The van der Waals surface area contributed by atoms with Crippen LogP contribution < -0.4 is 10.6 Å². The molecule has 2 amide bonds. The van der Waals surface area contributed by atoms with Crippen molar-refractivity contribution in [3.8, 4) is 0 Å². The van der Waals surface area contributed by atoms with E-state index < -0.39 is 0 Å². The molecular weight excluding hydrogens is 402 g/mol. The summed E-state index contributed by atoms with van der Waals surface area (Å²) in [6.45, 7) is 1.98. The molecule has 146 valence electrons. The average Bonchev–Trinajstić information content (AvgIpc) is 2.59. The molecule has 0 spiro atoms. The minimum atomic E-state index is -0.372. The van der Waals surface area contributed by atoms with Gasteiger partial charge in [-0.3, -0.25) is 9.59 Å². The van der Waals surface area contributed by atoms with E-state index in [0.717, 1.165) is 19.3 Å². The summed E-state index contributed by atoms with van der Waals surface area (Å²) in [5, 5.41) is 6.86. The molecule has 0 aliphatic heterocycles. The van der Waals surface area contributed by atoms with Gasteiger partial charge in [-0.2, -0.15) is 0 Å². The van der Waals surface area contributed by atoms with E-state index in [0.29, 0.717) is 21.2 Å². The lowest BCUT2D eigenvalue weighted by Crippen LogP contribution is -2.79. The molecule has 0 aromatic heterocycles. The van der Waals surface area contributed by atoms with Gasteiger partial charge in [-0.25, -0.2) is 4.39 Å². The molecule has 2 N–H and O–H groups in total. The first-order chi connectivity index (χ1) is 13.2. The topological polar surface area (TPSA) is 58.2 Å². The van der Waals surface area contributed by atoms with Gasteiger partial charge < -0.3 is 10.6 Å². The summed E-state index contributed by atoms with van der Waals surface area (Å²) in [6.07, 6.45) is 2.45. The zero-order valence-corrected chi connectivity index (χ0v) is 16.7. The second-order valence-electron chi connectivity index (χ2n) is 7.96. The number of hydrogen-bond acceptors (Lipinski definition) is 2. The van der Waals surface area contributed by atoms with Gasteiger partial charge in [0.15, 0.2) is 0 Å². The summed E-state index contributed by atoms with van der Waals surface area (Å²) in [5.41, 5.74) is 0.701. The van der Waals surface area contributed by atoms with Crippen LogP contribution in [0.3, 0.4) is 0 Å². The van der Waals surface area contributed by atoms with Gasteiger partial charge in [-0.05, 0) is 74.1 Å². The SMILES string of the molecule is C[C@@H](NC(=O)c1ccc(F)cc1)C12CC(NC(=O)c3ccc(Cl)c(Cl)c3)(C1)C2. The number of benzene rings is 2. The van der Waals surface area contributed by atoms with Crippen molar-refractivity contribution >= 4 is 35.0 Å². The largest absolute Gasteiger partial charge is 0.349 e. The number of rotatable bonds is 5. The van der Waals surface area contributed by atoms with Crippen molar-refractivity contribution in [1.82, 2.24) is 10.6 Å². The lowest BCUT2D eigenvalue weighted by molar-refractivity contribution is -0.163. The first-order valence-corrected chi connectivity index (χ1v) is 9.82. The van der Waals surface area contributed by atoms with Crippen LogP contribution in [-0.2, 0) is 0 Å².